The van der Waals surface area contributed by atoms with Gasteiger partial charge in [-0.2, -0.15) is 0 Å². The maximum absolute atomic E-state index is 13.4. The summed E-state index contributed by atoms with van der Waals surface area (Å²) in [7, 11) is 0. The topological polar surface area (TPSA) is 190 Å². The van der Waals surface area contributed by atoms with Crippen LogP contribution < -0.4 is 15.4 Å². The Hall–Kier alpha value is -3.68. The first-order valence-corrected chi connectivity index (χ1v) is 21.0. The van der Waals surface area contributed by atoms with Crippen molar-refractivity contribution in [3.63, 3.8) is 0 Å². The van der Waals surface area contributed by atoms with Crippen molar-refractivity contribution in [2.45, 2.75) is 31.3 Å². The number of alkyl halides is 1. The smallest absolute Gasteiger partial charge is 0.407 e. The molecule has 0 unspecified atom stereocenters. The van der Waals surface area contributed by atoms with Gasteiger partial charge in [-0.1, -0.05) is 18.9 Å². The Morgan fingerprint density at radius 3 is 1.78 bits per heavy atom. The Bertz CT molecular complexity index is 1810. The number of nitrogens with one attached hydrogen (secondary N) is 2. The van der Waals surface area contributed by atoms with Crippen molar-refractivity contribution < 1.29 is 62.5 Å². The SMILES string of the molecule is O=C(NCCOCCOCCCCCCCl)OCCOCCOCCOCCNC(=O)c1ccc2c(c1)C(=O)OC21c2ccc(O)c(Br)c2Oc2c1ccc(O)c2Br. The van der Waals surface area contributed by atoms with Crippen LogP contribution in [-0.2, 0) is 38.8 Å². The van der Waals surface area contributed by atoms with Gasteiger partial charge in [0.2, 0.25) is 0 Å². The van der Waals surface area contributed by atoms with Crippen LogP contribution in [0.4, 0.5) is 4.79 Å². The lowest BCUT2D eigenvalue weighted by molar-refractivity contribution is 0.00597. The van der Waals surface area contributed by atoms with Gasteiger partial charge in [0.05, 0.1) is 65.0 Å². The average molecular weight is 959 g/mol. The molecule has 3 aromatic rings. The number of amides is 2. The van der Waals surface area contributed by atoms with E-state index >= 15 is 0 Å². The van der Waals surface area contributed by atoms with Gasteiger partial charge in [0.1, 0.15) is 27.1 Å². The van der Waals surface area contributed by atoms with Gasteiger partial charge in [0, 0.05) is 47.8 Å². The number of hydrogen-bond donors (Lipinski definition) is 4. The van der Waals surface area contributed by atoms with Crippen molar-refractivity contribution in [1.29, 1.82) is 0 Å². The molecule has 0 aliphatic carbocycles. The monoisotopic (exact) mass is 956 g/mol. The average Bonchev–Trinajstić information content (AvgIpc) is 3.51. The molecule has 58 heavy (non-hydrogen) atoms. The van der Waals surface area contributed by atoms with Crippen molar-refractivity contribution in [2.75, 3.05) is 91.6 Å². The summed E-state index contributed by atoms with van der Waals surface area (Å²) in [6.45, 7) is 4.41. The van der Waals surface area contributed by atoms with Crippen molar-refractivity contribution >= 4 is 61.4 Å². The third kappa shape index (κ3) is 11.7. The van der Waals surface area contributed by atoms with Crippen LogP contribution in [0, 0.1) is 0 Å². The van der Waals surface area contributed by atoms with Crippen LogP contribution in [0.25, 0.3) is 0 Å². The van der Waals surface area contributed by atoms with Crippen LogP contribution in [0.15, 0.2) is 51.4 Å². The maximum atomic E-state index is 13.4. The maximum Gasteiger partial charge on any atom is 0.407 e. The minimum Gasteiger partial charge on any atom is -0.507 e. The summed E-state index contributed by atoms with van der Waals surface area (Å²) in [4.78, 5) is 38.2. The normalized spacial score (nSPS) is 13.3. The van der Waals surface area contributed by atoms with Gasteiger partial charge < -0.3 is 58.7 Å². The number of carbonyl (C=O) groups excluding carboxylic acids is 3. The molecule has 1 spiro atoms. The lowest BCUT2D eigenvalue weighted by atomic mass is 9.77. The summed E-state index contributed by atoms with van der Waals surface area (Å²) < 4.78 is 45.2. The zero-order valence-electron chi connectivity index (χ0n) is 31.8. The molecule has 0 atom stereocenters. The number of halogens is 3. The second-order valence-electron chi connectivity index (χ2n) is 13.0. The Labute approximate surface area is 358 Å². The largest absolute Gasteiger partial charge is 0.507 e. The van der Waals surface area contributed by atoms with E-state index in [9.17, 15) is 24.6 Å². The fourth-order valence-corrected chi connectivity index (χ4v) is 7.27. The summed E-state index contributed by atoms with van der Waals surface area (Å²) >= 11 is 12.4. The lowest BCUT2D eigenvalue weighted by Gasteiger charge is -2.37. The number of carbonyl (C=O) groups is 3. The highest BCUT2D eigenvalue weighted by atomic mass is 79.9. The third-order valence-electron chi connectivity index (χ3n) is 9.04. The highest BCUT2D eigenvalue weighted by Crippen LogP contribution is 2.60. The van der Waals surface area contributed by atoms with Gasteiger partial charge in [0.25, 0.3) is 5.91 Å². The molecule has 2 amide bonds. The summed E-state index contributed by atoms with van der Waals surface area (Å²) in [5.74, 6) is -0.128. The molecule has 0 fully saturated rings. The molecular weight excluding hydrogens is 912 g/mol. The van der Waals surface area contributed by atoms with Crippen molar-refractivity contribution in [1.82, 2.24) is 10.6 Å². The van der Waals surface area contributed by atoms with Crippen LogP contribution in [0.1, 0.15) is 63.1 Å². The first-order valence-electron chi connectivity index (χ1n) is 18.9. The quantitative estimate of drug-likeness (QED) is 0.0408. The van der Waals surface area contributed by atoms with Gasteiger partial charge >= 0.3 is 12.1 Å². The fraction of sp³-hybridized carbons (Fsp3) is 0.475. The molecule has 316 valence electrons. The first-order chi connectivity index (χ1) is 28.2. The number of aromatic hydroxyl groups is 2. The van der Waals surface area contributed by atoms with Gasteiger partial charge in [-0.05, 0) is 81.1 Å². The van der Waals surface area contributed by atoms with E-state index in [2.05, 4.69) is 42.5 Å². The van der Waals surface area contributed by atoms with E-state index < -0.39 is 23.6 Å². The van der Waals surface area contributed by atoms with E-state index in [-0.39, 0.29) is 69.4 Å². The van der Waals surface area contributed by atoms with E-state index in [0.717, 1.165) is 25.7 Å². The van der Waals surface area contributed by atoms with E-state index in [4.69, 9.17) is 49.5 Å². The minimum absolute atomic E-state index is 0.0922. The second kappa shape index (κ2) is 23.2. The summed E-state index contributed by atoms with van der Waals surface area (Å²) in [6.07, 6.45) is 3.74. The Morgan fingerprint density at radius 2 is 1.17 bits per heavy atom. The number of hydrogen-bond acceptors (Lipinski definition) is 13. The predicted octanol–water partition coefficient (Wildman–Crippen LogP) is 6.53. The highest BCUT2D eigenvalue weighted by molar-refractivity contribution is 9.11. The van der Waals surface area contributed by atoms with Gasteiger partial charge in [-0.25, -0.2) is 9.59 Å². The lowest BCUT2D eigenvalue weighted by Crippen LogP contribution is -2.33. The Balaban J connectivity index is 0.926. The number of esters is 1. The van der Waals surface area contributed by atoms with E-state index in [1.165, 1.54) is 18.2 Å². The molecule has 2 heterocycles. The standard InChI is InChI=1S/C40H47Br2ClN2O13/c41-33-31(46)9-7-29-35(33)57-36-30(8-10-32(47)34(36)42)40(29)28-6-5-26(25-27(28)38(49)58-40)37(48)44-12-15-52-19-20-54-21-22-55-23-24-56-39(50)45-13-16-53-18-17-51-14-4-2-1-3-11-43/h5-10,25,46-47H,1-4,11-24H2,(H,44,48)(H,45,50). The van der Waals surface area contributed by atoms with Crippen molar-refractivity contribution in [3.8, 4) is 23.0 Å². The molecule has 3 aromatic carbocycles. The van der Waals surface area contributed by atoms with Crippen molar-refractivity contribution in [3.05, 3.63) is 79.2 Å². The number of alkyl carbamates (subject to hydrolysis) is 1. The van der Waals surface area contributed by atoms with E-state index in [1.54, 1.807) is 24.3 Å². The summed E-state index contributed by atoms with van der Waals surface area (Å²) in [5.41, 5.74) is 0.310. The summed E-state index contributed by atoms with van der Waals surface area (Å²) in [5, 5.41) is 26.2. The van der Waals surface area contributed by atoms with Crippen LogP contribution >= 0.6 is 43.5 Å². The molecule has 0 saturated carbocycles. The molecule has 0 radical (unpaired) electrons. The number of phenolic OH excluding ortho intramolecular Hbond substituents is 2. The first kappa shape index (κ1) is 45.4. The number of ether oxygens (including phenoxy) is 8. The highest BCUT2D eigenvalue weighted by Gasteiger charge is 2.55. The van der Waals surface area contributed by atoms with Crippen LogP contribution in [0.2, 0.25) is 0 Å². The fourth-order valence-electron chi connectivity index (χ4n) is 6.23. The van der Waals surface area contributed by atoms with Crippen LogP contribution in [0.3, 0.4) is 0 Å². The van der Waals surface area contributed by atoms with E-state index in [0.29, 0.717) is 82.0 Å². The minimum atomic E-state index is -1.48. The Morgan fingerprint density at radius 1 is 0.655 bits per heavy atom. The predicted molar refractivity (Wildman–Crippen MR) is 218 cm³/mol. The molecule has 5 rings (SSSR count). The number of fused-ring (bicyclic) bond motifs is 6. The van der Waals surface area contributed by atoms with Gasteiger partial charge in [-0.15, -0.1) is 11.6 Å². The number of rotatable bonds is 25. The molecule has 15 nitrogen and oxygen atoms in total. The second-order valence-corrected chi connectivity index (χ2v) is 14.9. The molecule has 2 aliphatic heterocycles. The molecule has 0 bridgehead atoms. The number of phenols is 2. The van der Waals surface area contributed by atoms with Gasteiger partial charge in [-0.3, -0.25) is 4.79 Å². The molecule has 2 aliphatic rings. The summed E-state index contributed by atoms with van der Waals surface area (Å²) in [6, 6.07) is 10.9. The molecule has 0 saturated heterocycles. The molecule has 0 aromatic heterocycles. The molecular formula is C40H47Br2ClN2O13. The number of benzene rings is 3. The van der Waals surface area contributed by atoms with Crippen LogP contribution in [0.5, 0.6) is 23.0 Å². The van der Waals surface area contributed by atoms with Crippen molar-refractivity contribution in [2.24, 2.45) is 0 Å². The zero-order valence-corrected chi connectivity index (χ0v) is 35.7. The molecule has 4 N–H and O–H groups in total. The zero-order chi connectivity index (χ0) is 41.3. The Kier molecular flexibility index (Phi) is 18.2. The van der Waals surface area contributed by atoms with E-state index in [1.807, 2.05) is 0 Å². The third-order valence-corrected chi connectivity index (χ3v) is 10.8. The number of unbranched alkanes of at least 4 members (excludes halogenated alkanes) is 3. The van der Waals surface area contributed by atoms with Crippen LogP contribution in [-0.4, -0.2) is 120 Å². The van der Waals surface area contributed by atoms with Gasteiger partial charge in [0.15, 0.2) is 17.1 Å². The molecule has 18 heteroatoms.